The molecule has 0 aliphatic heterocycles. The first-order chi connectivity index (χ1) is 8.97. The summed E-state index contributed by atoms with van der Waals surface area (Å²) in [6, 6.07) is 7.10. The first-order valence-corrected chi connectivity index (χ1v) is 6.28. The molecule has 104 valence electrons. The highest BCUT2D eigenvalue weighted by Crippen LogP contribution is 2.12. The Balaban J connectivity index is 2.43. The summed E-state index contributed by atoms with van der Waals surface area (Å²) in [4.78, 5) is 22.1. The Labute approximate surface area is 113 Å². The quantitative estimate of drug-likeness (QED) is 0.828. The van der Waals surface area contributed by atoms with Gasteiger partial charge in [-0.15, -0.1) is 0 Å². The first-order valence-electron chi connectivity index (χ1n) is 6.28. The molecule has 3 N–H and O–H groups in total. The van der Waals surface area contributed by atoms with Crippen molar-refractivity contribution in [1.82, 2.24) is 0 Å². The van der Waals surface area contributed by atoms with E-state index < -0.39 is 6.09 Å². The van der Waals surface area contributed by atoms with Crippen molar-refractivity contribution in [3.63, 3.8) is 0 Å². The maximum Gasteiger partial charge on any atom is 0.404 e. The number of nitrogens with one attached hydrogen (secondary N) is 1. The maximum absolute atomic E-state index is 11.6. The number of amides is 2. The van der Waals surface area contributed by atoms with E-state index in [0.717, 1.165) is 17.7 Å². The SMILES string of the molecule is CC(C)CCC(=O)Nc1ccc(COC(N)=O)cc1. The summed E-state index contributed by atoms with van der Waals surface area (Å²) >= 11 is 0. The Morgan fingerprint density at radius 3 is 2.42 bits per heavy atom. The predicted molar refractivity (Wildman–Crippen MR) is 73.5 cm³/mol. The summed E-state index contributed by atoms with van der Waals surface area (Å²) in [6.45, 7) is 4.30. The molecule has 5 nitrogen and oxygen atoms in total. The summed E-state index contributed by atoms with van der Waals surface area (Å²) in [5.74, 6) is 0.522. The largest absolute Gasteiger partial charge is 0.445 e. The topological polar surface area (TPSA) is 81.4 Å². The van der Waals surface area contributed by atoms with Crippen LogP contribution in [0.1, 0.15) is 32.3 Å². The van der Waals surface area contributed by atoms with Crippen molar-refractivity contribution in [2.45, 2.75) is 33.3 Å². The first kappa shape index (κ1) is 15.0. The zero-order valence-corrected chi connectivity index (χ0v) is 11.3. The molecule has 19 heavy (non-hydrogen) atoms. The van der Waals surface area contributed by atoms with E-state index >= 15 is 0 Å². The molecule has 2 amide bonds. The van der Waals surface area contributed by atoms with Crippen molar-refractivity contribution >= 4 is 17.7 Å². The number of carbonyl (C=O) groups is 2. The molecule has 0 heterocycles. The molecule has 1 aromatic rings. The third kappa shape index (κ3) is 6.45. The van der Waals surface area contributed by atoms with Crippen LogP contribution < -0.4 is 11.1 Å². The number of anilines is 1. The van der Waals surface area contributed by atoms with Gasteiger partial charge < -0.3 is 15.8 Å². The Morgan fingerprint density at radius 1 is 1.26 bits per heavy atom. The van der Waals surface area contributed by atoms with Crippen LogP contribution in [0.2, 0.25) is 0 Å². The van der Waals surface area contributed by atoms with Crippen LogP contribution in [0.15, 0.2) is 24.3 Å². The van der Waals surface area contributed by atoms with Gasteiger partial charge in [-0.3, -0.25) is 4.79 Å². The number of hydrogen-bond acceptors (Lipinski definition) is 3. The fraction of sp³-hybridized carbons (Fsp3) is 0.429. The van der Waals surface area contributed by atoms with Crippen LogP contribution in [0.3, 0.4) is 0 Å². The fourth-order valence-corrected chi connectivity index (χ4v) is 1.48. The molecule has 0 unspecified atom stereocenters. The third-order valence-corrected chi connectivity index (χ3v) is 2.57. The molecule has 0 bridgehead atoms. The van der Waals surface area contributed by atoms with Crippen molar-refractivity contribution in [2.75, 3.05) is 5.32 Å². The second-order valence-corrected chi connectivity index (χ2v) is 4.79. The normalized spacial score (nSPS) is 10.3. The molecule has 0 saturated carbocycles. The van der Waals surface area contributed by atoms with E-state index in [2.05, 4.69) is 23.9 Å². The predicted octanol–water partition coefficient (Wildman–Crippen LogP) is 2.66. The molecule has 0 aliphatic carbocycles. The molecule has 5 heteroatoms. The monoisotopic (exact) mass is 264 g/mol. The Hall–Kier alpha value is -2.04. The van der Waals surface area contributed by atoms with Crippen LogP contribution in [-0.4, -0.2) is 12.0 Å². The van der Waals surface area contributed by atoms with E-state index in [1.807, 2.05) is 0 Å². The summed E-state index contributed by atoms with van der Waals surface area (Å²) in [5.41, 5.74) is 6.43. The van der Waals surface area contributed by atoms with Gasteiger partial charge in [-0.2, -0.15) is 0 Å². The fourth-order valence-electron chi connectivity index (χ4n) is 1.48. The summed E-state index contributed by atoms with van der Waals surface area (Å²) in [7, 11) is 0. The molecule has 1 rings (SSSR count). The van der Waals surface area contributed by atoms with Gasteiger partial charge in [-0.1, -0.05) is 26.0 Å². The van der Waals surface area contributed by atoms with Gasteiger partial charge in [0.2, 0.25) is 5.91 Å². The van der Waals surface area contributed by atoms with Gasteiger partial charge in [0.05, 0.1) is 0 Å². The van der Waals surface area contributed by atoms with Crippen LogP contribution in [0.25, 0.3) is 0 Å². The third-order valence-electron chi connectivity index (χ3n) is 2.57. The molecular weight excluding hydrogens is 244 g/mol. The van der Waals surface area contributed by atoms with Crippen molar-refractivity contribution < 1.29 is 14.3 Å². The lowest BCUT2D eigenvalue weighted by Crippen LogP contribution is -2.13. The van der Waals surface area contributed by atoms with Gasteiger partial charge in [0.25, 0.3) is 0 Å². The van der Waals surface area contributed by atoms with Gasteiger partial charge in [0, 0.05) is 12.1 Å². The lowest BCUT2D eigenvalue weighted by Gasteiger charge is -2.08. The Morgan fingerprint density at radius 2 is 1.89 bits per heavy atom. The van der Waals surface area contributed by atoms with Gasteiger partial charge in [-0.05, 0) is 30.0 Å². The lowest BCUT2D eigenvalue weighted by atomic mass is 10.1. The molecule has 0 saturated heterocycles. The lowest BCUT2D eigenvalue weighted by molar-refractivity contribution is -0.116. The molecule has 0 fully saturated rings. The average Bonchev–Trinajstić information content (AvgIpc) is 2.35. The minimum absolute atomic E-state index is 0.00911. The van der Waals surface area contributed by atoms with Crippen molar-refractivity contribution in [3.05, 3.63) is 29.8 Å². The van der Waals surface area contributed by atoms with E-state index in [-0.39, 0.29) is 12.5 Å². The summed E-state index contributed by atoms with van der Waals surface area (Å²) < 4.78 is 4.67. The van der Waals surface area contributed by atoms with E-state index in [0.29, 0.717) is 12.3 Å². The minimum Gasteiger partial charge on any atom is -0.445 e. The standard InChI is InChI=1S/C14H20N2O3/c1-10(2)3-8-13(17)16-12-6-4-11(5-7-12)9-19-14(15)18/h4-7,10H,3,8-9H2,1-2H3,(H2,15,18)(H,16,17). The number of nitrogens with two attached hydrogens (primary N) is 1. The second-order valence-electron chi connectivity index (χ2n) is 4.79. The highest BCUT2D eigenvalue weighted by atomic mass is 16.5. The Bertz CT molecular complexity index is 427. The van der Waals surface area contributed by atoms with E-state index in [9.17, 15) is 9.59 Å². The zero-order valence-electron chi connectivity index (χ0n) is 11.3. The molecule has 0 aliphatic rings. The van der Waals surface area contributed by atoms with Gasteiger partial charge >= 0.3 is 6.09 Å². The second kappa shape index (κ2) is 7.41. The van der Waals surface area contributed by atoms with Crippen LogP contribution in [0.4, 0.5) is 10.5 Å². The van der Waals surface area contributed by atoms with Crippen LogP contribution in [-0.2, 0) is 16.1 Å². The van der Waals surface area contributed by atoms with E-state index in [1.165, 1.54) is 0 Å². The van der Waals surface area contributed by atoms with Gasteiger partial charge in [0.1, 0.15) is 6.61 Å². The number of carbonyl (C=O) groups excluding carboxylic acids is 2. The zero-order chi connectivity index (χ0) is 14.3. The van der Waals surface area contributed by atoms with E-state index in [1.54, 1.807) is 24.3 Å². The molecule has 0 aromatic heterocycles. The number of rotatable bonds is 6. The molecular formula is C14H20N2O3. The molecule has 0 atom stereocenters. The van der Waals surface area contributed by atoms with Crippen molar-refractivity contribution in [3.8, 4) is 0 Å². The molecule has 0 spiro atoms. The number of primary amides is 1. The number of benzene rings is 1. The highest BCUT2D eigenvalue weighted by Gasteiger charge is 2.04. The van der Waals surface area contributed by atoms with Crippen LogP contribution in [0.5, 0.6) is 0 Å². The highest BCUT2D eigenvalue weighted by molar-refractivity contribution is 5.90. The molecule has 1 aromatic carbocycles. The van der Waals surface area contributed by atoms with E-state index in [4.69, 9.17) is 5.73 Å². The summed E-state index contributed by atoms with van der Waals surface area (Å²) in [5, 5.41) is 2.82. The van der Waals surface area contributed by atoms with Crippen LogP contribution in [0, 0.1) is 5.92 Å². The van der Waals surface area contributed by atoms with Gasteiger partial charge in [-0.25, -0.2) is 4.79 Å². The Kier molecular flexibility index (Phi) is 5.85. The average molecular weight is 264 g/mol. The molecule has 0 radical (unpaired) electrons. The minimum atomic E-state index is -0.800. The van der Waals surface area contributed by atoms with Gasteiger partial charge in [0.15, 0.2) is 0 Å². The van der Waals surface area contributed by atoms with Crippen molar-refractivity contribution in [1.29, 1.82) is 0 Å². The maximum atomic E-state index is 11.6. The number of hydrogen-bond donors (Lipinski definition) is 2. The number of ether oxygens (including phenoxy) is 1. The van der Waals surface area contributed by atoms with Crippen molar-refractivity contribution in [2.24, 2.45) is 11.7 Å². The smallest absolute Gasteiger partial charge is 0.404 e. The summed E-state index contributed by atoms with van der Waals surface area (Å²) in [6.07, 6.45) is 0.590. The van der Waals surface area contributed by atoms with Crippen LogP contribution >= 0.6 is 0 Å².